The maximum Gasteiger partial charge on any atom is 0.213 e. The molecule has 1 fully saturated rings. The third-order valence-corrected chi connectivity index (χ3v) is 6.98. The minimum absolute atomic E-state index is 0.203. The Bertz CT molecular complexity index is 508. The van der Waals surface area contributed by atoms with E-state index >= 15 is 0 Å². The van der Waals surface area contributed by atoms with E-state index in [2.05, 4.69) is 32.7 Å². The Kier molecular flexibility index (Phi) is 5.42. The van der Waals surface area contributed by atoms with Crippen LogP contribution in [0.2, 0.25) is 0 Å². The van der Waals surface area contributed by atoms with Crippen LogP contribution in [0, 0.1) is 0 Å². The van der Waals surface area contributed by atoms with Crippen LogP contribution in [0.3, 0.4) is 0 Å². The van der Waals surface area contributed by atoms with Crippen molar-refractivity contribution in [2.75, 3.05) is 18.8 Å². The zero-order valence-corrected chi connectivity index (χ0v) is 14.2. The van der Waals surface area contributed by atoms with Crippen molar-refractivity contribution in [3.05, 3.63) is 20.8 Å². The van der Waals surface area contributed by atoms with Crippen LogP contribution in [0.15, 0.2) is 15.9 Å². The Balaban J connectivity index is 1.78. The molecule has 1 aliphatic rings. The lowest BCUT2D eigenvalue weighted by Crippen LogP contribution is -2.45. The Labute approximate surface area is 127 Å². The number of hydrogen-bond acceptors (Lipinski definition) is 4. The number of thiophene rings is 1. The minimum Gasteiger partial charge on any atom is -0.309 e. The molecule has 19 heavy (non-hydrogen) atoms. The molecule has 4 nitrogen and oxygen atoms in total. The minimum atomic E-state index is -3.01. The van der Waals surface area contributed by atoms with E-state index < -0.39 is 10.0 Å². The maximum atomic E-state index is 11.7. The van der Waals surface area contributed by atoms with Crippen molar-refractivity contribution in [1.29, 1.82) is 0 Å². The first-order chi connectivity index (χ1) is 9.01. The van der Waals surface area contributed by atoms with Crippen LogP contribution in [0.5, 0.6) is 0 Å². The largest absolute Gasteiger partial charge is 0.309 e. The van der Waals surface area contributed by atoms with Crippen LogP contribution in [0.25, 0.3) is 0 Å². The predicted octanol–water partition coefficient (Wildman–Crippen LogP) is 2.41. The van der Waals surface area contributed by atoms with Gasteiger partial charge in [0.2, 0.25) is 10.0 Å². The van der Waals surface area contributed by atoms with Crippen LogP contribution in [-0.4, -0.2) is 37.6 Å². The number of halogens is 1. The van der Waals surface area contributed by atoms with Gasteiger partial charge in [0.15, 0.2) is 0 Å². The van der Waals surface area contributed by atoms with Crippen LogP contribution < -0.4 is 5.32 Å². The predicted molar refractivity (Wildman–Crippen MR) is 82.9 cm³/mol. The first-order valence-corrected chi connectivity index (χ1v) is 9.73. The third-order valence-electron chi connectivity index (χ3n) is 3.40. The molecular weight excluding hydrogens is 348 g/mol. The fourth-order valence-corrected chi connectivity index (χ4v) is 4.75. The third kappa shape index (κ3) is 4.26. The normalized spacial score (nSPS) is 18.8. The quantitative estimate of drug-likeness (QED) is 0.870. The van der Waals surface area contributed by atoms with Gasteiger partial charge < -0.3 is 5.32 Å². The summed E-state index contributed by atoms with van der Waals surface area (Å²) in [5.74, 6) is 0.203. The van der Waals surface area contributed by atoms with Crippen molar-refractivity contribution < 1.29 is 8.42 Å². The molecule has 0 aliphatic carbocycles. The number of nitrogens with one attached hydrogen (secondary N) is 1. The molecular formula is C12H19BrN2O2S2. The second-order valence-corrected chi connectivity index (χ2v) is 8.86. The molecule has 1 aromatic heterocycles. The Hall–Kier alpha value is 0.0500. The van der Waals surface area contributed by atoms with Crippen LogP contribution >= 0.6 is 27.3 Å². The fourth-order valence-electron chi connectivity index (χ4n) is 2.21. The highest BCUT2D eigenvalue weighted by molar-refractivity contribution is 9.10. The monoisotopic (exact) mass is 366 g/mol. The van der Waals surface area contributed by atoms with Crippen molar-refractivity contribution in [3.63, 3.8) is 0 Å². The van der Waals surface area contributed by atoms with Crippen LogP contribution in [0.1, 0.15) is 24.6 Å². The average molecular weight is 367 g/mol. The van der Waals surface area contributed by atoms with E-state index in [-0.39, 0.29) is 5.75 Å². The number of hydrogen-bond donors (Lipinski definition) is 1. The second kappa shape index (κ2) is 6.67. The van der Waals surface area contributed by atoms with Gasteiger partial charge in [-0.15, -0.1) is 11.3 Å². The number of nitrogens with zero attached hydrogens (tertiary/aromatic N) is 1. The molecule has 0 unspecified atom stereocenters. The van der Waals surface area contributed by atoms with Crippen molar-refractivity contribution in [3.8, 4) is 0 Å². The van der Waals surface area contributed by atoms with Gasteiger partial charge in [-0.05, 0) is 41.8 Å². The summed E-state index contributed by atoms with van der Waals surface area (Å²) >= 11 is 5.18. The SMILES string of the molecule is CCS(=O)(=O)N1CCC(NCc2cc(Br)cs2)CC1. The van der Waals surface area contributed by atoms with Crippen LogP contribution in [-0.2, 0) is 16.6 Å². The maximum absolute atomic E-state index is 11.7. The summed E-state index contributed by atoms with van der Waals surface area (Å²) < 4.78 is 26.2. The zero-order valence-electron chi connectivity index (χ0n) is 10.9. The summed E-state index contributed by atoms with van der Waals surface area (Å²) in [6, 6.07) is 2.54. The Morgan fingerprint density at radius 1 is 1.47 bits per heavy atom. The van der Waals surface area contributed by atoms with E-state index in [0.717, 1.165) is 23.9 Å². The van der Waals surface area contributed by atoms with E-state index in [1.165, 1.54) is 4.88 Å². The summed E-state index contributed by atoms with van der Waals surface area (Å²) in [5, 5.41) is 5.59. The summed E-state index contributed by atoms with van der Waals surface area (Å²) in [4.78, 5) is 1.30. The molecule has 0 aromatic carbocycles. The fraction of sp³-hybridized carbons (Fsp3) is 0.667. The van der Waals surface area contributed by atoms with Crippen LogP contribution in [0.4, 0.5) is 0 Å². The summed E-state index contributed by atoms with van der Waals surface area (Å²) in [6.07, 6.45) is 1.79. The number of piperidine rings is 1. The molecule has 1 aliphatic heterocycles. The van der Waals surface area contributed by atoms with Gasteiger partial charge in [0, 0.05) is 40.4 Å². The molecule has 7 heteroatoms. The lowest BCUT2D eigenvalue weighted by atomic mass is 10.1. The smallest absolute Gasteiger partial charge is 0.213 e. The van der Waals surface area contributed by atoms with Gasteiger partial charge in [-0.25, -0.2) is 12.7 Å². The van der Waals surface area contributed by atoms with Crippen molar-refractivity contribution >= 4 is 37.3 Å². The molecule has 0 atom stereocenters. The summed E-state index contributed by atoms with van der Waals surface area (Å²) in [5.41, 5.74) is 0. The van der Waals surface area contributed by atoms with E-state index in [9.17, 15) is 8.42 Å². The molecule has 1 N–H and O–H groups in total. The first-order valence-electron chi connectivity index (χ1n) is 6.45. The molecule has 108 valence electrons. The van der Waals surface area contributed by atoms with Crippen molar-refractivity contribution in [1.82, 2.24) is 9.62 Å². The number of rotatable bonds is 5. The molecule has 0 bridgehead atoms. The molecule has 1 saturated heterocycles. The topological polar surface area (TPSA) is 49.4 Å². The van der Waals surface area contributed by atoms with Crippen molar-refractivity contribution in [2.45, 2.75) is 32.4 Å². The molecule has 0 spiro atoms. The van der Waals surface area contributed by atoms with Gasteiger partial charge in [0.25, 0.3) is 0 Å². The molecule has 0 radical (unpaired) electrons. The Morgan fingerprint density at radius 2 is 2.16 bits per heavy atom. The summed E-state index contributed by atoms with van der Waals surface area (Å²) in [6.45, 7) is 3.85. The Morgan fingerprint density at radius 3 is 2.68 bits per heavy atom. The van der Waals surface area contributed by atoms with E-state index in [1.54, 1.807) is 22.6 Å². The summed E-state index contributed by atoms with van der Waals surface area (Å²) in [7, 11) is -3.01. The lowest BCUT2D eigenvalue weighted by Gasteiger charge is -2.31. The lowest BCUT2D eigenvalue weighted by molar-refractivity contribution is 0.289. The highest BCUT2D eigenvalue weighted by atomic mass is 79.9. The van der Waals surface area contributed by atoms with Gasteiger partial charge in [-0.1, -0.05) is 0 Å². The van der Waals surface area contributed by atoms with Gasteiger partial charge in [0.1, 0.15) is 0 Å². The van der Waals surface area contributed by atoms with E-state index in [4.69, 9.17) is 0 Å². The van der Waals surface area contributed by atoms with Crippen molar-refractivity contribution in [2.24, 2.45) is 0 Å². The highest BCUT2D eigenvalue weighted by Gasteiger charge is 2.26. The highest BCUT2D eigenvalue weighted by Crippen LogP contribution is 2.20. The first kappa shape index (κ1) is 15.4. The molecule has 1 aromatic rings. The average Bonchev–Trinajstić information content (AvgIpc) is 2.83. The number of sulfonamides is 1. The van der Waals surface area contributed by atoms with E-state index in [0.29, 0.717) is 19.1 Å². The van der Waals surface area contributed by atoms with Gasteiger partial charge in [-0.2, -0.15) is 0 Å². The molecule has 0 amide bonds. The molecule has 2 heterocycles. The zero-order chi connectivity index (χ0) is 13.9. The van der Waals surface area contributed by atoms with Gasteiger partial charge >= 0.3 is 0 Å². The second-order valence-electron chi connectivity index (χ2n) is 4.69. The van der Waals surface area contributed by atoms with E-state index in [1.807, 2.05) is 0 Å². The van der Waals surface area contributed by atoms with Gasteiger partial charge in [-0.3, -0.25) is 0 Å². The molecule has 2 rings (SSSR count). The van der Waals surface area contributed by atoms with Gasteiger partial charge in [0.05, 0.1) is 5.75 Å². The molecule has 0 saturated carbocycles. The standard InChI is InChI=1S/C12H19BrN2O2S2/c1-2-19(16,17)15-5-3-11(4-6-15)14-8-12-7-10(13)9-18-12/h7,9,11,14H,2-6,8H2,1H3.